The molecule has 0 bridgehead atoms. The Morgan fingerprint density at radius 3 is 2.67 bits per heavy atom. The molecule has 0 aliphatic carbocycles. The Morgan fingerprint density at radius 1 is 1.27 bits per heavy atom. The molecule has 0 saturated heterocycles. The van der Waals surface area contributed by atoms with Crippen LogP contribution < -0.4 is 0 Å². The van der Waals surface area contributed by atoms with Gasteiger partial charge in [0.2, 0.25) is 0 Å². The van der Waals surface area contributed by atoms with E-state index >= 15 is 0 Å². The van der Waals surface area contributed by atoms with Crippen LogP contribution in [0.2, 0.25) is 0 Å². The molecule has 2 nitrogen and oxygen atoms in total. The SMILES string of the molecule is O=C(O)c1cc(-c2cccc(F)c2)cs1. The monoisotopic (exact) mass is 222 g/mol. The van der Waals surface area contributed by atoms with Crippen molar-refractivity contribution in [3.8, 4) is 11.1 Å². The highest BCUT2D eigenvalue weighted by Gasteiger charge is 2.08. The van der Waals surface area contributed by atoms with Crippen LogP contribution in [0.4, 0.5) is 4.39 Å². The highest BCUT2D eigenvalue weighted by molar-refractivity contribution is 7.12. The predicted octanol–water partition coefficient (Wildman–Crippen LogP) is 3.25. The Balaban J connectivity index is 2.41. The summed E-state index contributed by atoms with van der Waals surface area (Å²) in [5, 5.41) is 10.4. The van der Waals surface area contributed by atoms with E-state index in [-0.39, 0.29) is 10.7 Å². The van der Waals surface area contributed by atoms with Crippen molar-refractivity contribution in [3.05, 3.63) is 46.4 Å². The van der Waals surface area contributed by atoms with Gasteiger partial charge in [0.15, 0.2) is 0 Å². The molecule has 1 N–H and O–H groups in total. The van der Waals surface area contributed by atoms with Gasteiger partial charge in [-0.25, -0.2) is 9.18 Å². The lowest BCUT2D eigenvalue weighted by Gasteiger charge is -1.96. The number of carboxylic acid groups (broad SMARTS) is 1. The van der Waals surface area contributed by atoms with Gasteiger partial charge in [0.05, 0.1) is 0 Å². The number of carbonyl (C=O) groups is 1. The number of benzene rings is 1. The van der Waals surface area contributed by atoms with Gasteiger partial charge < -0.3 is 5.11 Å². The maximum absolute atomic E-state index is 12.9. The van der Waals surface area contributed by atoms with Crippen molar-refractivity contribution in [2.45, 2.75) is 0 Å². The van der Waals surface area contributed by atoms with Crippen molar-refractivity contribution in [2.24, 2.45) is 0 Å². The van der Waals surface area contributed by atoms with E-state index < -0.39 is 5.97 Å². The molecule has 0 radical (unpaired) electrons. The van der Waals surface area contributed by atoms with Gasteiger partial charge >= 0.3 is 5.97 Å². The van der Waals surface area contributed by atoms with Crippen LogP contribution >= 0.6 is 11.3 Å². The third-order valence-corrected chi connectivity index (χ3v) is 2.89. The lowest BCUT2D eigenvalue weighted by molar-refractivity contribution is 0.0702. The molecule has 1 heterocycles. The van der Waals surface area contributed by atoms with Gasteiger partial charge in [0.25, 0.3) is 0 Å². The Morgan fingerprint density at radius 2 is 2.07 bits per heavy atom. The van der Waals surface area contributed by atoms with E-state index in [1.54, 1.807) is 23.6 Å². The molecule has 0 aliphatic rings. The molecule has 1 aromatic carbocycles. The third-order valence-electron chi connectivity index (χ3n) is 1.97. The lowest BCUT2D eigenvalue weighted by atomic mass is 10.1. The summed E-state index contributed by atoms with van der Waals surface area (Å²) in [7, 11) is 0. The van der Waals surface area contributed by atoms with Crippen molar-refractivity contribution in [3.63, 3.8) is 0 Å². The largest absolute Gasteiger partial charge is 0.477 e. The van der Waals surface area contributed by atoms with Gasteiger partial charge in [-0.2, -0.15) is 0 Å². The van der Waals surface area contributed by atoms with Crippen LogP contribution in [0, 0.1) is 5.82 Å². The molecule has 15 heavy (non-hydrogen) atoms. The van der Waals surface area contributed by atoms with E-state index in [1.807, 2.05) is 0 Å². The molecule has 1 aromatic heterocycles. The summed E-state index contributed by atoms with van der Waals surface area (Å²) in [5.41, 5.74) is 1.43. The van der Waals surface area contributed by atoms with E-state index in [1.165, 1.54) is 12.1 Å². The molecule has 0 unspecified atom stereocenters. The third kappa shape index (κ3) is 2.05. The Kier molecular flexibility index (Phi) is 2.51. The van der Waals surface area contributed by atoms with Crippen LogP contribution in [0.5, 0.6) is 0 Å². The van der Waals surface area contributed by atoms with Crippen molar-refractivity contribution in [1.82, 2.24) is 0 Å². The van der Waals surface area contributed by atoms with Crippen LogP contribution in [-0.2, 0) is 0 Å². The van der Waals surface area contributed by atoms with E-state index in [0.717, 1.165) is 16.9 Å². The maximum atomic E-state index is 12.9. The molecule has 0 amide bonds. The van der Waals surface area contributed by atoms with Gasteiger partial charge in [-0.1, -0.05) is 12.1 Å². The zero-order valence-electron chi connectivity index (χ0n) is 7.61. The first-order valence-corrected chi connectivity index (χ1v) is 5.12. The number of hydrogen-bond donors (Lipinski definition) is 1. The van der Waals surface area contributed by atoms with Gasteiger partial charge in [-0.3, -0.25) is 0 Å². The number of hydrogen-bond acceptors (Lipinski definition) is 2. The van der Waals surface area contributed by atoms with Crippen molar-refractivity contribution < 1.29 is 14.3 Å². The predicted molar refractivity (Wildman–Crippen MR) is 56.7 cm³/mol. The molecule has 76 valence electrons. The molecule has 4 heteroatoms. The molecule has 2 aromatic rings. The smallest absolute Gasteiger partial charge is 0.345 e. The summed E-state index contributed by atoms with van der Waals surface area (Å²) in [5.74, 6) is -1.28. The summed E-state index contributed by atoms with van der Waals surface area (Å²) >= 11 is 1.14. The Labute approximate surface area is 89.6 Å². The zero-order valence-corrected chi connectivity index (χ0v) is 8.42. The fourth-order valence-electron chi connectivity index (χ4n) is 1.27. The summed E-state index contributed by atoms with van der Waals surface area (Å²) in [4.78, 5) is 10.9. The lowest BCUT2D eigenvalue weighted by Crippen LogP contribution is -1.89. The first-order chi connectivity index (χ1) is 7.16. The van der Waals surface area contributed by atoms with E-state index in [2.05, 4.69) is 0 Å². The van der Waals surface area contributed by atoms with Crippen LogP contribution in [0.25, 0.3) is 11.1 Å². The second kappa shape index (κ2) is 3.82. The second-order valence-electron chi connectivity index (χ2n) is 3.02. The summed E-state index contributed by atoms with van der Waals surface area (Å²) < 4.78 is 12.9. The van der Waals surface area contributed by atoms with Crippen LogP contribution in [0.3, 0.4) is 0 Å². The van der Waals surface area contributed by atoms with Crippen molar-refractivity contribution >= 4 is 17.3 Å². The molecule has 0 spiro atoms. The van der Waals surface area contributed by atoms with Crippen LogP contribution in [0.15, 0.2) is 35.7 Å². The van der Waals surface area contributed by atoms with Crippen molar-refractivity contribution in [1.29, 1.82) is 0 Å². The minimum atomic E-state index is -0.956. The number of thiophene rings is 1. The van der Waals surface area contributed by atoms with Gasteiger partial charge in [-0.15, -0.1) is 11.3 Å². The normalized spacial score (nSPS) is 10.2. The molecule has 0 atom stereocenters. The summed E-state index contributed by atoms with van der Waals surface area (Å²) in [6.07, 6.45) is 0. The van der Waals surface area contributed by atoms with E-state index in [9.17, 15) is 9.18 Å². The zero-order chi connectivity index (χ0) is 10.8. The molecular formula is C11H7FO2S. The van der Waals surface area contributed by atoms with Crippen LogP contribution in [-0.4, -0.2) is 11.1 Å². The maximum Gasteiger partial charge on any atom is 0.345 e. The second-order valence-corrected chi connectivity index (χ2v) is 3.93. The average molecular weight is 222 g/mol. The molecular weight excluding hydrogens is 215 g/mol. The quantitative estimate of drug-likeness (QED) is 0.846. The fraction of sp³-hybridized carbons (Fsp3) is 0. The minimum Gasteiger partial charge on any atom is -0.477 e. The Hall–Kier alpha value is -1.68. The molecule has 0 saturated carbocycles. The number of carboxylic acids is 1. The topological polar surface area (TPSA) is 37.3 Å². The average Bonchev–Trinajstić information content (AvgIpc) is 2.66. The van der Waals surface area contributed by atoms with Crippen molar-refractivity contribution in [2.75, 3.05) is 0 Å². The highest BCUT2D eigenvalue weighted by Crippen LogP contribution is 2.25. The van der Waals surface area contributed by atoms with Gasteiger partial charge in [0, 0.05) is 0 Å². The standard InChI is InChI=1S/C11H7FO2S/c12-9-3-1-2-7(4-9)8-5-10(11(13)14)15-6-8/h1-6H,(H,13,14). The minimum absolute atomic E-state index is 0.259. The van der Waals surface area contributed by atoms with Gasteiger partial charge in [-0.05, 0) is 34.7 Å². The number of rotatable bonds is 2. The number of aromatic carboxylic acids is 1. The molecule has 0 aliphatic heterocycles. The fourth-order valence-corrected chi connectivity index (χ4v) is 2.02. The first kappa shape index (κ1) is 9.86. The number of halogens is 1. The first-order valence-electron chi connectivity index (χ1n) is 4.24. The van der Waals surface area contributed by atoms with E-state index in [4.69, 9.17) is 5.11 Å². The Bertz CT molecular complexity index is 505. The highest BCUT2D eigenvalue weighted by atomic mass is 32.1. The van der Waals surface area contributed by atoms with E-state index in [0.29, 0.717) is 5.56 Å². The summed E-state index contributed by atoms with van der Waals surface area (Å²) in [6.45, 7) is 0. The summed E-state index contributed by atoms with van der Waals surface area (Å²) in [6, 6.07) is 7.63. The van der Waals surface area contributed by atoms with Gasteiger partial charge in [0.1, 0.15) is 10.7 Å². The van der Waals surface area contributed by atoms with Crippen LogP contribution in [0.1, 0.15) is 9.67 Å². The molecule has 0 fully saturated rings. The molecule has 2 rings (SSSR count).